The van der Waals surface area contributed by atoms with E-state index in [4.69, 9.17) is 0 Å². The number of alkyl halides is 3. The van der Waals surface area contributed by atoms with Crippen LogP contribution in [-0.2, 0) is 6.54 Å². The maximum Gasteiger partial charge on any atom is 0.389 e. The molecule has 18 heavy (non-hydrogen) atoms. The third kappa shape index (κ3) is 5.54. The van der Waals surface area contributed by atoms with Crippen molar-refractivity contribution in [2.45, 2.75) is 45.8 Å². The minimum absolute atomic E-state index is 0.198. The lowest BCUT2D eigenvalue weighted by Crippen LogP contribution is -2.16. The second-order valence-corrected chi connectivity index (χ2v) is 4.61. The van der Waals surface area contributed by atoms with Gasteiger partial charge in [-0.05, 0) is 49.9 Å². The highest BCUT2D eigenvalue weighted by Gasteiger charge is 2.25. The molecule has 0 aliphatic carbocycles. The second-order valence-electron chi connectivity index (χ2n) is 4.61. The summed E-state index contributed by atoms with van der Waals surface area (Å²) >= 11 is 0. The van der Waals surface area contributed by atoms with Gasteiger partial charge in [-0.3, -0.25) is 0 Å². The fourth-order valence-corrected chi connectivity index (χ4v) is 1.80. The van der Waals surface area contributed by atoms with Gasteiger partial charge >= 0.3 is 6.18 Å². The predicted molar refractivity (Wildman–Crippen MR) is 67.5 cm³/mol. The van der Waals surface area contributed by atoms with Crippen molar-refractivity contribution in [3.05, 3.63) is 34.9 Å². The Labute approximate surface area is 106 Å². The number of benzene rings is 1. The predicted octanol–water partition coefficient (Wildman–Crippen LogP) is 4.13. The van der Waals surface area contributed by atoms with Gasteiger partial charge in [-0.15, -0.1) is 0 Å². The first-order valence-electron chi connectivity index (χ1n) is 6.23. The molecule has 0 fully saturated rings. The SMILES string of the molecule is Cc1cccc(CNCCCCC(F)(F)F)c1C. The topological polar surface area (TPSA) is 12.0 Å². The van der Waals surface area contributed by atoms with Crippen LogP contribution in [0.15, 0.2) is 18.2 Å². The van der Waals surface area contributed by atoms with Gasteiger partial charge in [-0.2, -0.15) is 13.2 Å². The van der Waals surface area contributed by atoms with E-state index in [9.17, 15) is 13.2 Å². The molecule has 1 aromatic rings. The molecule has 0 atom stereocenters. The Bertz CT molecular complexity index is 372. The highest BCUT2D eigenvalue weighted by molar-refractivity contribution is 5.32. The van der Waals surface area contributed by atoms with Gasteiger partial charge in [0.05, 0.1) is 0 Å². The average Bonchev–Trinajstić information content (AvgIpc) is 2.27. The molecule has 0 aliphatic heterocycles. The van der Waals surface area contributed by atoms with E-state index in [0.29, 0.717) is 13.0 Å². The van der Waals surface area contributed by atoms with Crippen molar-refractivity contribution in [1.82, 2.24) is 5.32 Å². The van der Waals surface area contributed by atoms with Crippen LogP contribution >= 0.6 is 0 Å². The molecule has 1 N–H and O–H groups in total. The number of halogens is 3. The van der Waals surface area contributed by atoms with Gasteiger partial charge in [0.25, 0.3) is 0 Å². The van der Waals surface area contributed by atoms with Crippen LogP contribution in [0.25, 0.3) is 0 Å². The summed E-state index contributed by atoms with van der Waals surface area (Å²) in [7, 11) is 0. The van der Waals surface area contributed by atoms with Crippen molar-refractivity contribution in [2.24, 2.45) is 0 Å². The Hall–Kier alpha value is -1.03. The maximum absolute atomic E-state index is 11.9. The Kier molecular flexibility index (Phi) is 5.66. The molecule has 1 aromatic carbocycles. The van der Waals surface area contributed by atoms with E-state index < -0.39 is 12.6 Å². The summed E-state index contributed by atoms with van der Waals surface area (Å²) < 4.78 is 35.7. The number of nitrogens with one attached hydrogen (secondary N) is 1. The summed E-state index contributed by atoms with van der Waals surface area (Å²) in [5, 5.41) is 3.19. The van der Waals surface area contributed by atoms with Crippen molar-refractivity contribution in [3.8, 4) is 0 Å². The van der Waals surface area contributed by atoms with Crippen LogP contribution in [0.1, 0.15) is 36.0 Å². The standard InChI is InChI=1S/C14H20F3N/c1-11-6-5-7-13(12(11)2)10-18-9-4-3-8-14(15,16)17/h5-7,18H,3-4,8-10H2,1-2H3. The molecule has 0 unspecified atom stereocenters. The van der Waals surface area contributed by atoms with Crippen molar-refractivity contribution in [3.63, 3.8) is 0 Å². The molecular formula is C14H20F3N. The molecule has 0 aliphatic rings. The molecule has 0 bridgehead atoms. The zero-order valence-electron chi connectivity index (χ0n) is 10.9. The van der Waals surface area contributed by atoms with E-state index >= 15 is 0 Å². The van der Waals surface area contributed by atoms with E-state index in [1.165, 1.54) is 16.7 Å². The Morgan fingerprint density at radius 1 is 1.11 bits per heavy atom. The van der Waals surface area contributed by atoms with E-state index in [1.807, 2.05) is 12.1 Å². The molecular weight excluding hydrogens is 239 g/mol. The van der Waals surface area contributed by atoms with Crippen LogP contribution < -0.4 is 5.32 Å². The van der Waals surface area contributed by atoms with Crippen LogP contribution in [0.5, 0.6) is 0 Å². The molecule has 0 radical (unpaired) electrons. The van der Waals surface area contributed by atoms with E-state index in [2.05, 4.69) is 25.2 Å². The Balaban J connectivity index is 2.20. The zero-order chi connectivity index (χ0) is 13.6. The third-order valence-electron chi connectivity index (χ3n) is 3.10. The lowest BCUT2D eigenvalue weighted by Gasteiger charge is -2.10. The van der Waals surface area contributed by atoms with E-state index in [-0.39, 0.29) is 6.42 Å². The summed E-state index contributed by atoms with van der Waals surface area (Å²) in [4.78, 5) is 0. The van der Waals surface area contributed by atoms with E-state index in [1.54, 1.807) is 0 Å². The quantitative estimate of drug-likeness (QED) is 0.757. The van der Waals surface area contributed by atoms with Crippen LogP contribution in [0.4, 0.5) is 13.2 Å². The van der Waals surface area contributed by atoms with E-state index in [0.717, 1.165) is 6.54 Å². The van der Waals surface area contributed by atoms with Crippen molar-refractivity contribution in [1.29, 1.82) is 0 Å². The monoisotopic (exact) mass is 259 g/mol. The summed E-state index contributed by atoms with van der Waals surface area (Å²) in [6, 6.07) is 6.11. The molecule has 0 spiro atoms. The fourth-order valence-electron chi connectivity index (χ4n) is 1.80. The van der Waals surface area contributed by atoms with Crippen LogP contribution in [0.3, 0.4) is 0 Å². The number of aryl methyl sites for hydroxylation is 1. The number of rotatable bonds is 6. The summed E-state index contributed by atoms with van der Waals surface area (Å²) in [6.45, 7) is 5.47. The Morgan fingerprint density at radius 2 is 1.83 bits per heavy atom. The van der Waals surface area contributed by atoms with Crippen LogP contribution in [0, 0.1) is 13.8 Å². The van der Waals surface area contributed by atoms with Gasteiger partial charge in [0, 0.05) is 13.0 Å². The normalized spacial score (nSPS) is 11.8. The van der Waals surface area contributed by atoms with Crippen molar-refractivity contribution >= 4 is 0 Å². The number of hydrogen-bond donors (Lipinski definition) is 1. The summed E-state index contributed by atoms with van der Waals surface area (Å²) in [5.74, 6) is 0. The second kappa shape index (κ2) is 6.78. The first kappa shape index (κ1) is 15.0. The molecule has 1 nitrogen and oxygen atoms in total. The lowest BCUT2D eigenvalue weighted by molar-refractivity contribution is -0.135. The highest BCUT2D eigenvalue weighted by Crippen LogP contribution is 2.21. The molecule has 1 rings (SSSR count). The minimum atomic E-state index is -4.02. The van der Waals surface area contributed by atoms with Crippen molar-refractivity contribution < 1.29 is 13.2 Å². The first-order valence-corrected chi connectivity index (χ1v) is 6.23. The lowest BCUT2D eigenvalue weighted by atomic mass is 10.0. The maximum atomic E-state index is 11.9. The highest BCUT2D eigenvalue weighted by atomic mass is 19.4. The molecule has 0 saturated carbocycles. The minimum Gasteiger partial charge on any atom is -0.313 e. The van der Waals surface area contributed by atoms with Crippen LogP contribution in [-0.4, -0.2) is 12.7 Å². The molecule has 0 saturated heterocycles. The van der Waals surface area contributed by atoms with Gasteiger partial charge in [0.15, 0.2) is 0 Å². The molecule has 4 heteroatoms. The summed E-state index contributed by atoms with van der Waals surface area (Å²) in [5.41, 5.74) is 3.71. The zero-order valence-corrected chi connectivity index (χ0v) is 10.9. The third-order valence-corrected chi connectivity index (χ3v) is 3.10. The molecule has 0 amide bonds. The fraction of sp³-hybridized carbons (Fsp3) is 0.571. The smallest absolute Gasteiger partial charge is 0.313 e. The molecule has 102 valence electrons. The van der Waals surface area contributed by atoms with Gasteiger partial charge in [-0.1, -0.05) is 18.2 Å². The van der Waals surface area contributed by atoms with Gasteiger partial charge < -0.3 is 5.32 Å². The molecule has 0 heterocycles. The Morgan fingerprint density at radius 3 is 2.50 bits per heavy atom. The molecule has 0 aromatic heterocycles. The van der Waals surface area contributed by atoms with Crippen molar-refractivity contribution in [2.75, 3.05) is 6.54 Å². The average molecular weight is 259 g/mol. The van der Waals surface area contributed by atoms with Gasteiger partial charge in [0.2, 0.25) is 0 Å². The largest absolute Gasteiger partial charge is 0.389 e. The number of unbranched alkanes of at least 4 members (excludes halogenated alkanes) is 1. The van der Waals surface area contributed by atoms with Gasteiger partial charge in [-0.25, -0.2) is 0 Å². The first-order chi connectivity index (χ1) is 8.40. The van der Waals surface area contributed by atoms with Gasteiger partial charge in [0.1, 0.15) is 0 Å². The summed E-state index contributed by atoms with van der Waals surface area (Å²) in [6.07, 6.45) is -3.95. The van der Waals surface area contributed by atoms with Crippen LogP contribution in [0.2, 0.25) is 0 Å². The number of hydrogen-bond acceptors (Lipinski definition) is 1.